The van der Waals surface area contributed by atoms with Crippen LogP contribution in [0.25, 0.3) is 0 Å². The van der Waals surface area contributed by atoms with Gasteiger partial charge in [-0.3, -0.25) is 9.69 Å². The van der Waals surface area contributed by atoms with E-state index in [-0.39, 0.29) is 6.04 Å². The average Bonchev–Trinajstić information content (AvgIpc) is 3.24. The van der Waals surface area contributed by atoms with E-state index >= 15 is 0 Å². The molecule has 2 saturated heterocycles. The molecule has 2 aliphatic heterocycles. The zero-order valence-electron chi connectivity index (χ0n) is 19.6. The fraction of sp³-hybridized carbons (Fsp3) is 0.741. The number of aryl methyl sites for hydroxylation is 1. The maximum atomic E-state index is 12.1. The second kappa shape index (κ2) is 11.1. The number of aliphatic hydroxyl groups is 1. The van der Waals surface area contributed by atoms with E-state index in [0.29, 0.717) is 11.8 Å². The Morgan fingerprint density at radius 2 is 1.75 bits per heavy atom. The van der Waals surface area contributed by atoms with E-state index in [1.54, 1.807) is 0 Å². The largest absolute Gasteiger partial charge is 0.480 e. The Bertz CT molecular complexity index is 711. The summed E-state index contributed by atoms with van der Waals surface area (Å²) in [5.74, 6) is 0.279. The lowest BCUT2D eigenvalue weighted by Gasteiger charge is -2.39. The summed E-state index contributed by atoms with van der Waals surface area (Å²) in [6, 6.07) is 10.3. The summed E-state index contributed by atoms with van der Waals surface area (Å²) in [5, 5.41) is 21.0. The summed E-state index contributed by atoms with van der Waals surface area (Å²) in [5.41, 5.74) is 0.842. The summed E-state index contributed by atoms with van der Waals surface area (Å²) < 4.78 is 0. The molecule has 3 fully saturated rings. The first kappa shape index (κ1) is 23.7. The van der Waals surface area contributed by atoms with Gasteiger partial charge in [0.25, 0.3) is 0 Å². The van der Waals surface area contributed by atoms with Crippen molar-refractivity contribution in [3.8, 4) is 0 Å². The van der Waals surface area contributed by atoms with Gasteiger partial charge in [-0.25, -0.2) is 0 Å². The van der Waals surface area contributed by atoms with Gasteiger partial charge in [0.2, 0.25) is 0 Å². The van der Waals surface area contributed by atoms with Gasteiger partial charge in [0.15, 0.2) is 0 Å². The van der Waals surface area contributed by atoms with E-state index in [2.05, 4.69) is 34.1 Å². The third-order valence-corrected chi connectivity index (χ3v) is 8.31. The molecule has 3 aliphatic rings. The first-order valence-corrected chi connectivity index (χ1v) is 13.0. The van der Waals surface area contributed by atoms with Crippen LogP contribution in [0.3, 0.4) is 0 Å². The molecule has 1 saturated carbocycles. The smallest absolute Gasteiger partial charge is 0.321 e. The van der Waals surface area contributed by atoms with Gasteiger partial charge in [0, 0.05) is 26.2 Å². The lowest BCUT2D eigenvalue weighted by atomic mass is 9.83. The number of carboxylic acids is 1. The summed E-state index contributed by atoms with van der Waals surface area (Å²) in [7, 11) is 0. The second-order valence-electron chi connectivity index (χ2n) is 10.7. The van der Waals surface area contributed by atoms with Gasteiger partial charge in [0.05, 0.1) is 5.60 Å². The van der Waals surface area contributed by atoms with Crippen LogP contribution in [0.2, 0.25) is 0 Å². The molecular weight excluding hydrogens is 400 g/mol. The minimum Gasteiger partial charge on any atom is -0.480 e. The van der Waals surface area contributed by atoms with E-state index < -0.39 is 11.6 Å². The Kier molecular flexibility index (Phi) is 8.25. The molecule has 1 aromatic rings. The summed E-state index contributed by atoms with van der Waals surface area (Å²) >= 11 is 0. The molecule has 0 amide bonds. The van der Waals surface area contributed by atoms with E-state index in [0.717, 1.165) is 84.1 Å². The molecular formula is C27H42N2O3. The molecule has 1 aliphatic carbocycles. The molecule has 2 heterocycles. The minimum absolute atomic E-state index is 0.281. The highest BCUT2D eigenvalue weighted by molar-refractivity contribution is 5.74. The lowest BCUT2D eigenvalue weighted by Crippen LogP contribution is -2.47. The zero-order valence-corrected chi connectivity index (χ0v) is 19.6. The zero-order chi connectivity index (χ0) is 22.4. The van der Waals surface area contributed by atoms with Gasteiger partial charge in [-0.15, -0.1) is 0 Å². The number of likely N-dealkylation sites (tertiary alicyclic amines) is 2. The molecule has 0 bridgehead atoms. The second-order valence-corrected chi connectivity index (χ2v) is 10.7. The Labute approximate surface area is 193 Å². The molecule has 0 aromatic heterocycles. The minimum atomic E-state index is -0.615. The van der Waals surface area contributed by atoms with Gasteiger partial charge in [0.1, 0.15) is 6.04 Å². The van der Waals surface area contributed by atoms with Crippen LogP contribution < -0.4 is 0 Å². The number of carbonyl (C=O) groups is 1. The third-order valence-electron chi connectivity index (χ3n) is 8.31. The number of rotatable bonds is 9. The SMILES string of the molecule is O=C(O)[C@@H](C1CCCCC1)N1CCC(CN2CCC(O)(CCCc3ccccc3)CC2)C1. The highest BCUT2D eigenvalue weighted by Gasteiger charge is 2.39. The molecule has 32 heavy (non-hydrogen) atoms. The van der Waals surface area contributed by atoms with Crippen LogP contribution in [0.15, 0.2) is 30.3 Å². The van der Waals surface area contributed by atoms with Gasteiger partial charge < -0.3 is 15.1 Å². The first-order valence-electron chi connectivity index (χ1n) is 13.0. The Morgan fingerprint density at radius 3 is 2.44 bits per heavy atom. The number of carboxylic acid groups (broad SMARTS) is 1. The van der Waals surface area contributed by atoms with E-state index in [1.165, 1.54) is 24.8 Å². The molecule has 1 aromatic carbocycles. The van der Waals surface area contributed by atoms with Crippen molar-refractivity contribution in [3.63, 3.8) is 0 Å². The van der Waals surface area contributed by atoms with Crippen molar-refractivity contribution in [1.82, 2.24) is 9.80 Å². The highest BCUT2D eigenvalue weighted by Crippen LogP contribution is 2.33. The van der Waals surface area contributed by atoms with Crippen LogP contribution in [0.4, 0.5) is 0 Å². The summed E-state index contributed by atoms with van der Waals surface area (Å²) in [6.07, 6.45) is 11.6. The van der Waals surface area contributed by atoms with Crippen LogP contribution >= 0.6 is 0 Å². The summed E-state index contributed by atoms with van der Waals surface area (Å²) in [4.78, 5) is 16.8. The predicted octanol–water partition coefficient (Wildman–Crippen LogP) is 4.19. The molecule has 5 heteroatoms. The predicted molar refractivity (Wildman–Crippen MR) is 128 cm³/mol. The number of benzene rings is 1. The number of aliphatic carboxylic acids is 1. The summed E-state index contributed by atoms with van der Waals surface area (Å²) in [6.45, 7) is 4.82. The molecule has 2 atom stereocenters. The fourth-order valence-corrected chi connectivity index (χ4v) is 6.40. The van der Waals surface area contributed by atoms with Crippen molar-refractivity contribution in [2.24, 2.45) is 11.8 Å². The highest BCUT2D eigenvalue weighted by atomic mass is 16.4. The van der Waals surface area contributed by atoms with Crippen LogP contribution in [0.1, 0.15) is 69.8 Å². The molecule has 0 spiro atoms. The van der Waals surface area contributed by atoms with Gasteiger partial charge in [-0.1, -0.05) is 49.6 Å². The van der Waals surface area contributed by atoms with Crippen molar-refractivity contribution >= 4 is 5.97 Å². The normalized spacial score (nSPS) is 26.2. The molecule has 178 valence electrons. The maximum absolute atomic E-state index is 12.1. The van der Waals surface area contributed by atoms with Gasteiger partial charge in [-0.2, -0.15) is 0 Å². The molecule has 0 radical (unpaired) electrons. The van der Waals surface area contributed by atoms with Crippen molar-refractivity contribution < 1.29 is 15.0 Å². The molecule has 1 unspecified atom stereocenters. The molecule has 2 N–H and O–H groups in total. The monoisotopic (exact) mass is 442 g/mol. The first-order chi connectivity index (χ1) is 15.5. The molecule has 4 rings (SSSR count). The number of nitrogens with zero attached hydrogens (tertiary/aromatic N) is 2. The van der Waals surface area contributed by atoms with Crippen molar-refractivity contribution in [2.75, 3.05) is 32.7 Å². The number of hydrogen-bond acceptors (Lipinski definition) is 4. The van der Waals surface area contributed by atoms with E-state index in [9.17, 15) is 15.0 Å². The Hall–Kier alpha value is -1.43. The van der Waals surface area contributed by atoms with E-state index in [4.69, 9.17) is 0 Å². The fourth-order valence-electron chi connectivity index (χ4n) is 6.40. The Morgan fingerprint density at radius 1 is 1.03 bits per heavy atom. The molecule has 5 nitrogen and oxygen atoms in total. The van der Waals surface area contributed by atoms with Crippen LogP contribution in [0.5, 0.6) is 0 Å². The average molecular weight is 443 g/mol. The van der Waals surface area contributed by atoms with Crippen LogP contribution in [-0.2, 0) is 11.2 Å². The van der Waals surface area contributed by atoms with Gasteiger partial charge in [-0.05, 0) is 75.3 Å². The maximum Gasteiger partial charge on any atom is 0.321 e. The van der Waals surface area contributed by atoms with Gasteiger partial charge >= 0.3 is 5.97 Å². The van der Waals surface area contributed by atoms with Crippen LogP contribution in [0, 0.1) is 11.8 Å². The van der Waals surface area contributed by atoms with E-state index in [1.807, 2.05) is 6.07 Å². The Balaban J connectivity index is 1.19. The lowest BCUT2D eigenvalue weighted by molar-refractivity contribution is -0.145. The van der Waals surface area contributed by atoms with Crippen LogP contribution in [-0.4, -0.2) is 70.3 Å². The third kappa shape index (κ3) is 6.33. The topological polar surface area (TPSA) is 64.0 Å². The quantitative estimate of drug-likeness (QED) is 0.600. The standard InChI is InChI=1S/C27H42N2O3/c30-26(31)25(24-11-5-2-6-12-24)29-17-13-23(21-29)20-28-18-15-27(32,16-19-28)14-7-10-22-8-3-1-4-9-22/h1,3-4,8-9,23-25,32H,2,5-7,10-21H2,(H,30,31)/t23?,25-/m1/s1. The number of piperidine rings is 1. The number of hydrogen-bond donors (Lipinski definition) is 2. The van der Waals surface area contributed by atoms with Crippen molar-refractivity contribution in [2.45, 2.75) is 82.3 Å². The van der Waals surface area contributed by atoms with Crippen molar-refractivity contribution in [3.05, 3.63) is 35.9 Å². The van der Waals surface area contributed by atoms with Crippen molar-refractivity contribution in [1.29, 1.82) is 0 Å².